The first-order chi connectivity index (χ1) is 9.34. The van der Waals surface area contributed by atoms with Crippen LogP contribution in [0.4, 0.5) is 22.0 Å². The summed E-state index contributed by atoms with van der Waals surface area (Å²) in [7, 11) is 0. The van der Waals surface area contributed by atoms with Gasteiger partial charge in [-0.1, -0.05) is 12.1 Å². The van der Waals surface area contributed by atoms with Crippen LogP contribution in [0.15, 0.2) is 24.3 Å². The second-order valence-corrected chi connectivity index (χ2v) is 5.19. The van der Waals surface area contributed by atoms with E-state index in [1.54, 1.807) is 6.07 Å². The quantitative estimate of drug-likeness (QED) is 0.349. The average molecular weight is 400 g/mol. The van der Waals surface area contributed by atoms with Crippen molar-refractivity contribution < 1.29 is 27.1 Å². The second-order valence-electron chi connectivity index (χ2n) is 3.94. The van der Waals surface area contributed by atoms with Crippen molar-refractivity contribution in [1.29, 1.82) is 0 Å². The summed E-state index contributed by atoms with van der Waals surface area (Å²) in [5.41, 5.74) is -1.23. The Bertz CT molecular complexity index is 645. The Hall–Kier alpha value is -1.22. The molecule has 0 saturated carbocycles. The van der Waals surface area contributed by atoms with Gasteiger partial charge in [0.1, 0.15) is 6.10 Å². The van der Waals surface area contributed by atoms with Gasteiger partial charge in [-0.3, -0.25) is 0 Å². The minimum atomic E-state index is -2.25. The molecular formula is C13H6F5IO. The zero-order valence-corrected chi connectivity index (χ0v) is 11.8. The van der Waals surface area contributed by atoms with Gasteiger partial charge in [0.05, 0.1) is 5.56 Å². The molecule has 0 fully saturated rings. The minimum absolute atomic E-state index is 0.0279. The first kappa shape index (κ1) is 15.2. The lowest BCUT2D eigenvalue weighted by atomic mass is 10.00. The molecule has 1 N–H and O–H groups in total. The van der Waals surface area contributed by atoms with Crippen LogP contribution in [0.3, 0.4) is 0 Å². The molecule has 0 aliphatic heterocycles. The van der Waals surface area contributed by atoms with Crippen molar-refractivity contribution >= 4 is 22.6 Å². The van der Waals surface area contributed by atoms with Crippen LogP contribution in [0.5, 0.6) is 0 Å². The number of benzene rings is 2. The van der Waals surface area contributed by atoms with Crippen molar-refractivity contribution in [3.05, 3.63) is 68.0 Å². The molecule has 1 unspecified atom stereocenters. The summed E-state index contributed by atoms with van der Waals surface area (Å²) in [5, 5.41) is 9.88. The molecule has 106 valence electrons. The summed E-state index contributed by atoms with van der Waals surface area (Å²) in [5.74, 6) is -10.5. The molecule has 20 heavy (non-hydrogen) atoms. The molecule has 0 aromatic heterocycles. The van der Waals surface area contributed by atoms with Crippen molar-refractivity contribution in [2.24, 2.45) is 0 Å². The minimum Gasteiger partial charge on any atom is -0.383 e. The Morgan fingerprint density at radius 1 is 0.850 bits per heavy atom. The highest BCUT2D eigenvalue weighted by atomic mass is 127. The number of aliphatic hydroxyl groups excluding tert-OH is 1. The van der Waals surface area contributed by atoms with Crippen LogP contribution >= 0.6 is 22.6 Å². The van der Waals surface area contributed by atoms with Crippen LogP contribution in [-0.4, -0.2) is 5.11 Å². The van der Waals surface area contributed by atoms with Crippen LogP contribution < -0.4 is 0 Å². The SMILES string of the molecule is OC(c1cccc(I)c1)c1c(F)c(F)c(F)c(F)c1F. The zero-order chi connectivity index (χ0) is 15.0. The van der Waals surface area contributed by atoms with E-state index in [0.29, 0.717) is 3.57 Å². The van der Waals surface area contributed by atoms with Gasteiger partial charge in [0.2, 0.25) is 5.82 Å². The lowest BCUT2D eigenvalue weighted by Crippen LogP contribution is -2.12. The van der Waals surface area contributed by atoms with Gasteiger partial charge in [0, 0.05) is 3.57 Å². The average Bonchev–Trinajstić information content (AvgIpc) is 2.43. The van der Waals surface area contributed by atoms with Crippen molar-refractivity contribution in [2.75, 3.05) is 0 Å². The molecule has 0 saturated heterocycles. The van der Waals surface area contributed by atoms with E-state index in [1.165, 1.54) is 18.2 Å². The number of hydrogen-bond donors (Lipinski definition) is 1. The molecule has 0 spiro atoms. The van der Waals surface area contributed by atoms with Gasteiger partial charge in [0.25, 0.3) is 0 Å². The standard InChI is InChI=1S/C13H6F5IO/c14-8-7(9(15)11(17)12(18)10(8)16)13(20)5-2-1-3-6(19)4-5/h1-4,13,20H. The maximum atomic E-state index is 13.6. The third-order valence-electron chi connectivity index (χ3n) is 2.68. The lowest BCUT2D eigenvalue weighted by molar-refractivity contribution is 0.202. The summed E-state index contributed by atoms with van der Waals surface area (Å²) >= 11 is 1.89. The smallest absolute Gasteiger partial charge is 0.200 e. The van der Waals surface area contributed by atoms with Gasteiger partial charge >= 0.3 is 0 Å². The van der Waals surface area contributed by atoms with Gasteiger partial charge in [-0.05, 0) is 40.3 Å². The topological polar surface area (TPSA) is 20.2 Å². The second kappa shape index (κ2) is 5.65. The monoisotopic (exact) mass is 400 g/mol. The third kappa shape index (κ3) is 2.51. The van der Waals surface area contributed by atoms with Crippen LogP contribution in [0, 0.1) is 32.7 Å². The van der Waals surface area contributed by atoms with E-state index in [9.17, 15) is 27.1 Å². The van der Waals surface area contributed by atoms with Crippen molar-refractivity contribution in [3.8, 4) is 0 Å². The van der Waals surface area contributed by atoms with Gasteiger partial charge in [-0.15, -0.1) is 0 Å². The third-order valence-corrected chi connectivity index (χ3v) is 3.35. The number of halogens is 6. The Morgan fingerprint density at radius 2 is 1.35 bits per heavy atom. The van der Waals surface area contributed by atoms with E-state index in [-0.39, 0.29) is 5.56 Å². The highest BCUT2D eigenvalue weighted by Crippen LogP contribution is 2.31. The molecule has 1 atom stereocenters. The zero-order valence-electron chi connectivity index (χ0n) is 9.60. The predicted molar refractivity (Wildman–Crippen MR) is 69.5 cm³/mol. The molecule has 0 radical (unpaired) electrons. The van der Waals surface area contributed by atoms with E-state index in [4.69, 9.17) is 0 Å². The van der Waals surface area contributed by atoms with E-state index in [2.05, 4.69) is 0 Å². The van der Waals surface area contributed by atoms with Gasteiger partial charge in [-0.2, -0.15) is 0 Å². The summed E-state index contributed by atoms with van der Waals surface area (Å²) in [6.45, 7) is 0. The maximum absolute atomic E-state index is 13.6. The highest BCUT2D eigenvalue weighted by molar-refractivity contribution is 14.1. The molecule has 0 bridgehead atoms. The van der Waals surface area contributed by atoms with Crippen molar-refractivity contribution in [3.63, 3.8) is 0 Å². The number of aliphatic hydroxyl groups is 1. The predicted octanol–water partition coefficient (Wildman–Crippen LogP) is 4.07. The molecule has 2 rings (SSSR count). The maximum Gasteiger partial charge on any atom is 0.200 e. The van der Waals surface area contributed by atoms with Crippen molar-refractivity contribution in [1.82, 2.24) is 0 Å². The molecule has 0 heterocycles. The number of rotatable bonds is 2. The van der Waals surface area contributed by atoms with Gasteiger partial charge in [-0.25, -0.2) is 22.0 Å². The van der Waals surface area contributed by atoms with E-state index < -0.39 is 40.8 Å². The molecule has 0 aliphatic carbocycles. The fourth-order valence-electron chi connectivity index (χ4n) is 1.71. The largest absolute Gasteiger partial charge is 0.383 e. The highest BCUT2D eigenvalue weighted by Gasteiger charge is 2.30. The molecule has 7 heteroatoms. The van der Waals surface area contributed by atoms with Crippen LogP contribution in [-0.2, 0) is 0 Å². The van der Waals surface area contributed by atoms with Crippen LogP contribution in [0.25, 0.3) is 0 Å². The summed E-state index contributed by atoms with van der Waals surface area (Å²) in [4.78, 5) is 0. The Kier molecular flexibility index (Phi) is 4.28. The van der Waals surface area contributed by atoms with E-state index >= 15 is 0 Å². The normalized spacial score (nSPS) is 12.6. The van der Waals surface area contributed by atoms with E-state index in [1.807, 2.05) is 22.6 Å². The molecule has 0 amide bonds. The summed E-state index contributed by atoms with van der Waals surface area (Å²) < 4.78 is 66.8. The first-order valence-electron chi connectivity index (χ1n) is 5.29. The Balaban J connectivity index is 2.64. The van der Waals surface area contributed by atoms with Crippen molar-refractivity contribution in [2.45, 2.75) is 6.10 Å². The van der Waals surface area contributed by atoms with Gasteiger partial charge < -0.3 is 5.11 Å². The molecule has 0 aliphatic rings. The molecule has 2 aromatic carbocycles. The summed E-state index contributed by atoms with van der Waals surface area (Å²) in [6.07, 6.45) is -1.95. The first-order valence-corrected chi connectivity index (χ1v) is 6.37. The summed E-state index contributed by atoms with van der Waals surface area (Å²) in [6, 6.07) is 5.84. The van der Waals surface area contributed by atoms with E-state index in [0.717, 1.165) is 0 Å². The number of hydrogen-bond acceptors (Lipinski definition) is 1. The Morgan fingerprint density at radius 3 is 1.85 bits per heavy atom. The lowest BCUT2D eigenvalue weighted by Gasteiger charge is -2.15. The van der Waals surface area contributed by atoms with Crippen LogP contribution in [0.2, 0.25) is 0 Å². The fourth-order valence-corrected chi connectivity index (χ4v) is 2.27. The molecular weight excluding hydrogens is 394 g/mol. The Labute approximate surface area is 124 Å². The van der Waals surface area contributed by atoms with Gasteiger partial charge in [0.15, 0.2) is 23.3 Å². The fraction of sp³-hybridized carbons (Fsp3) is 0.0769. The molecule has 2 aromatic rings. The molecule has 1 nitrogen and oxygen atoms in total. The van der Waals surface area contributed by atoms with Crippen LogP contribution in [0.1, 0.15) is 17.2 Å².